The topological polar surface area (TPSA) is 35.6 Å². The number of hydrogen-bond acceptors (Lipinski definition) is 3. The minimum atomic E-state index is 0.344. The molecular weight excluding hydrogens is 238 g/mol. The zero-order valence-electron chi connectivity index (χ0n) is 12.4. The number of rotatable bonds is 4. The largest absolute Gasteiger partial charge is 0.339 e. The second-order valence-corrected chi connectivity index (χ2v) is 5.85. The fourth-order valence-corrected chi connectivity index (χ4v) is 3.37. The van der Waals surface area contributed by atoms with Gasteiger partial charge < -0.3 is 10.2 Å². The van der Waals surface area contributed by atoms with Gasteiger partial charge in [-0.05, 0) is 39.3 Å². The molecule has 0 atom stereocenters. The van der Waals surface area contributed by atoms with E-state index in [1.165, 1.54) is 32.1 Å². The molecule has 1 saturated carbocycles. The molecule has 0 radical (unpaired) electrons. The van der Waals surface area contributed by atoms with Gasteiger partial charge in [0.1, 0.15) is 0 Å². The molecule has 110 valence electrons. The fourth-order valence-electron chi connectivity index (χ4n) is 3.37. The minimum Gasteiger partial charge on any atom is -0.339 e. The predicted molar refractivity (Wildman–Crippen MR) is 78.2 cm³/mol. The van der Waals surface area contributed by atoms with Gasteiger partial charge in [0.2, 0.25) is 5.91 Å². The zero-order valence-corrected chi connectivity index (χ0v) is 12.4. The van der Waals surface area contributed by atoms with Gasteiger partial charge in [-0.3, -0.25) is 9.69 Å². The Kier molecular flexibility index (Phi) is 6.11. The maximum absolute atomic E-state index is 12.5. The maximum Gasteiger partial charge on any atom is 0.236 e. The lowest BCUT2D eigenvalue weighted by Gasteiger charge is -2.35. The van der Waals surface area contributed by atoms with Gasteiger partial charge in [-0.1, -0.05) is 19.3 Å². The molecule has 1 saturated heterocycles. The van der Waals surface area contributed by atoms with Crippen LogP contribution in [-0.4, -0.2) is 61.0 Å². The van der Waals surface area contributed by atoms with Crippen molar-refractivity contribution in [1.29, 1.82) is 0 Å². The lowest BCUT2D eigenvalue weighted by molar-refractivity contribution is -0.135. The molecule has 2 rings (SSSR count). The summed E-state index contributed by atoms with van der Waals surface area (Å²) in [4.78, 5) is 17.0. The summed E-state index contributed by atoms with van der Waals surface area (Å²) in [6, 6.07) is 0.511. The lowest BCUT2D eigenvalue weighted by Crippen LogP contribution is -2.46. The van der Waals surface area contributed by atoms with E-state index in [4.69, 9.17) is 0 Å². The van der Waals surface area contributed by atoms with Crippen LogP contribution in [0.5, 0.6) is 0 Å². The molecule has 1 N–H and O–H groups in total. The van der Waals surface area contributed by atoms with Crippen molar-refractivity contribution >= 4 is 5.91 Å². The number of nitrogens with one attached hydrogen (secondary N) is 1. The Bertz CT molecular complexity index is 269. The summed E-state index contributed by atoms with van der Waals surface area (Å²) < 4.78 is 0. The van der Waals surface area contributed by atoms with Crippen LogP contribution in [0.25, 0.3) is 0 Å². The first-order valence-corrected chi connectivity index (χ1v) is 8.04. The predicted octanol–water partition coefficient (Wildman–Crippen LogP) is 1.46. The highest BCUT2D eigenvalue weighted by Gasteiger charge is 2.25. The summed E-state index contributed by atoms with van der Waals surface area (Å²) in [5.41, 5.74) is 0. The highest BCUT2D eigenvalue weighted by atomic mass is 16.2. The van der Waals surface area contributed by atoms with Crippen LogP contribution < -0.4 is 5.32 Å². The molecule has 0 spiro atoms. The molecule has 0 bridgehead atoms. The Morgan fingerprint density at radius 3 is 2.68 bits per heavy atom. The van der Waals surface area contributed by atoms with E-state index >= 15 is 0 Å². The Morgan fingerprint density at radius 2 is 1.95 bits per heavy atom. The number of likely N-dealkylation sites (N-methyl/N-ethyl adjacent to an activating group) is 1. The van der Waals surface area contributed by atoms with Gasteiger partial charge in [-0.15, -0.1) is 0 Å². The van der Waals surface area contributed by atoms with Gasteiger partial charge in [-0.2, -0.15) is 0 Å². The lowest BCUT2D eigenvalue weighted by atomic mass is 9.94. The van der Waals surface area contributed by atoms with Gasteiger partial charge in [0, 0.05) is 25.7 Å². The van der Waals surface area contributed by atoms with Crippen LogP contribution in [0.15, 0.2) is 0 Å². The number of nitrogens with zero attached hydrogens (tertiary/aromatic N) is 2. The highest BCUT2D eigenvalue weighted by Crippen LogP contribution is 2.22. The third-order valence-electron chi connectivity index (χ3n) is 4.47. The van der Waals surface area contributed by atoms with Crippen LogP contribution in [-0.2, 0) is 4.79 Å². The third-order valence-corrected chi connectivity index (χ3v) is 4.47. The SMILES string of the molecule is CCN(C(=O)CN1CCCNCC1)C1CCCCC1. The number of carbonyl (C=O) groups excluding carboxylic acids is 1. The summed E-state index contributed by atoms with van der Waals surface area (Å²) >= 11 is 0. The summed E-state index contributed by atoms with van der Waals surface area (Å²) in [7, 11) is 0. The molecule has 1 aliphatic carbocycles. The molecule has 1 heterocycles. The Labute approximate surface area is 117 Å². The Morgan fingerprint density at radius 1 is 1.16 bits per heavy atom. The van der Waals surface area contributed by atoms with Crippen LogP contribution in [0.1, 0.15) is 45.4 Å². The van der Waals surface area contributed by atoms with Crippen molar-refractivity contribution < 1.29 is 4.79 Å². The van der Waals surface area contributed by atoms with Crippen molar-refractivity contribution in [2.45, 2.75) is 51.5 Å². The standard InChI is InChI=1S/C15H29N3O/c1-2-18(14-7-4-3-5-8-14)15(19)13-17-11-6-9-16-10-12-17/h14,16H,2-13H2,1H3. The van der Waals surface area contributed by atoms with E-state index in [1.54, 1.807) is 0 Å². The van der Waals surface area contributed by atoms with E-state index in [2.05, 4.69) is 22.0 Å². The first-order chi connectivity index (χ1) is 9.31. The van der Waals surface area contributed by atoms with Crippen LogP contribution in [0.4, 0.5) is 0 Å². The molecule has 0 aromatic carbocycles. The van der Waals surface area contributed by atoms with E-state index < -0.39 is 0 Å². The van der Waals surface area contributed by atoms with Crippen molar-refractivity contribution in [2.75, 3.05) is 39.3 Å². The second-order valence-electron chi connectivity index (χ2n) is 5.85. The molecule has 2 aliphatic rings. The normalized spacial score (nSPS) is 23.0. The van der Waals surface area contributed by atoms with Crippen LogP contribution in [0, 0.1) is 0 Å². The van der Waals surface area contributed by atoms with Gasteiger partial charge in [0.25, 0.3) is 0 Å². The molecule has 19 heavy (non-hydrogen) atoms. The molecule has 0 aromatic rings. The molecule has 0 unspecified atom stereocenters. The van der Waals surface area contributed by atoms with Gasteiger partial charge in [0.05, 0.1) is 6.54 Å². The molecular formula is C15H29N3O. The van der Waals surface area contributed by atoms with Crippen molar-refractivity contribution in [2.24, 2.45) is 0 Å². The zero-order chi connectivity index (χ0) is 13.5. The average Bonchev–Trinajstić information content (AvgIpc) is 2.69. The average molecular weight is 267 g/mol. The maximum atomic E-state index is 12.5. The van der Waals surface area contributed by atoms with E-state index in [1.807, 2.05) is 0 Å². The molecule has 4 heteroatoms. The smallest absolute Gasteiger partial charge is 0.236 e. The van der Waals surface area contributed by atoms with Crippen molar-refractivity contribution in [3.05, 3.63) is 0 Å². The Balaban J connectivity index is 1.84. The van der Waals surface area contributed by atoms with Crippen molar-refractivity contribution in [3.8, 4) is 0 Å². The van der Waals surface area contributed by atoms with E-state index in [9.17, 15) is 4.79 Å². The van der Waals surface area contributed by atoms with E-state index in [0.29, 0.717) is 18.5 Å². The number of carbonyl (C=O) groups is 1. The Hall–Kier alpha value is -0.610. The minimum absolute atomic E-state index is 0.344. The van der Waals surface area contributed by atoms with E-state index in [-0.39, 0.29) is 0 Å². The fraction of sp³-hybridized carbons (Fsp3) is 0.933. The molecule has 0 aromatic heterocycles. The molecule has 2 fully saturated rings. The monoisotopic (exact) mass is 267 g/mol. The molecule has 4 nitrogen and oxygen atoms in total. The van der Waals surface area contributed by atoms with Crippen LogP contribution in [0.3, 0.4) is 0 Å². The van der Waals surface area contributed by atoms with Crippen molar-refractivity contribution in [3.63, 3.8) is 0 Å². The van der Waals surface area contributed by atoms with Gasteiger partial charge in [-0.25, -0.2) is 0 Å². The first-order valence-electron chi connectivity index (χ1n) is 8.04. The van der Waals surface area contributed by atoms with Gasteiger partial charge >= 0.3 is 0 Å². The summed E-state index contributed by atoms with van der Waals surface area (Å²) in [6.07, 6.45) is 7.51. The summed E-state index contributed by atoms with van der Waals surface area (Å²) in [6.45, 7) is 7.78. The van der Waals surface area contributed by atoms with E-state index in [0.717, 1.165) is 39.1 Å². The van der Waals surface area contributed by atoms with Crippen LogP contribution in [0.2, 0.25) is 0 Å². The molecule has 1 aliphatic heterocycles. The highest BCUT2D eigenvalue weighted by molar-refractivity contribution is 5.78. The van der Waals surface area contributed by atoms with Gasteiger partial charge in [0.15, 0.2) is 0 Å². The van der Waals surface area contributed by atoms with Crippen LogP contribution >= 0.6 is 0 Å². The summed E-state index contributed by atoms with van der Waals surface area (Å²) in [5.74, 6) is 0.344. The third kappa shape index (κ3) is 4.46. The number of amides is 1. The quantitative estimate of drug-likeness (QED) is 0.838. The second kappa shape index (κ2) is 7.85. The van der Waals surface area contributed by atoms with Crippen molar-refractivity contribution in [1.82, 2.24) is 15.1 Å². The molecule has 1 amide bonds. The summed E-state index contributed by atoms with van der Waals surface area (Å²) in [5, 5.41) is 3.39. The first kappa shape index (κ1) is 14.8. The number of hydrogen-bond donors (Lipinski definition) is 1.